The summed E-state index contributed by atoms with van der Waals surface area (Å²) in [6.45, 7) is 0. The highest BCUT2D eigenvalue weighted by molar-refractivity contribution is 5.97. The van der Waals surface area contributed by atoms with Crippen LogP contribution in [-0.4, -0.2) is 14.1 Å². The van der Waals surface area contributed by atoms with Gasteiger partial charge in [-0.05, 0) is 41.1 Å². The Labute approximate surface area is 131 Å². The lowest BCUT2D eigenvalue weighted by molar-refractivity contribution is 0.769. The third kappa shape index (κ3) is 2.12. The third-order valence-electron chi connectivity index (χ3n) is 4.56. The van der Waals surface area contributed by atoms with Crippen LogP contribution < -0.4 is 10.2 Å². The summed E-state index contributed by atoms with van der Waals surface area (Å²) in [6, 6.07) is 22.3. The van der Waals surface area contributed by atoms with Gasteiger partial charge in [0.2, 0.25) is 0 Å². The quantitative estimate of drug-likeness (QED) is 0.740. The van der Waals surface area contributed by atoms with Gasteiger partial charge in [-0.15, -0.1) is 0 Å². The molecule has 22 heavy (non-hydrogen) atoms. The molecule has 1 heterocycles. The zero-order chi connectivity index (χ0) is 15.1. The molecule has 0 aromatic heterocycles. The fourth-order valence-corrected chi connectivity index (χ4v) is 3.37. The van der Waals surface area contributed by atoms with Gasteiger partial charge in [-0.3, -0.25) is 0 Å². The van der Waals surface area contributed by atoms with Crippen molar-refractivity contribution in [1.82, 2.24) is 0 Å². The number of hydrogen-bond donors (Lipinski definition) is 1. The molecule has 1 unspecified atom stereocenters. The van der Waals surface area contributed by atoms with Gasteiger partial charge in [0.05, 0.1) is 6.04 Å². The van der Waals surface area contributed by atoms with Gasteiger partial charge in [0.15, 0.2) is 0 Å². The molecule has 0 fully saturated rings. The second-order valence-electron chi connectivity index (χ2n) is 6.21. The van der Waals surface area contributed by atoms with E-state index in [4.69, 9.17) is 0 Å². The van der Waals surface area contributed by atoms with Gasteiger partial charge < -0.3 is 10.2 Å². The summed E-state index contributed by atoms with van der Waals surface area (Å²) in [7, 11) is 4.15. The predicted octanol–water partition coefficient (Wildman–Crippen LogP) is 4.62. The van der Waals surface area contributed by atoms with E-state index in [0.29, 0.717) is 6.04 Å². The largest absolute Gasteiger partial charge is 0.378 e. The van der Waals surface area contributed by atoms with Crippen LogP contribution in [0.4, 0.5) is 11.4 Å². The molecule has 0 radical (unpaired) electrons. The first-order valence-corrected chi connectivity index (χ1v) is 7.77. The summed E-state index contributed by atoms with van der Waals surface area (Å²) in [5.74, 6) is 0. The van der Waals surface area contributed by atoms with E-state index < -0.39 is 0 Å². The van der Waals surface area contributed by atoms with Gasteiger partial charge in [-0.25, -0.2) is 0 Å². The van der Waals surface area contributed by atoms with Crippen molar-refractivity contribution in [3.63, 3.8) is 0 Å². The van der Waals surface area contributed by atoms with Gasteiger partial charge in [0.1, 0.15) is 0 Å². The number of hydrogen-bond acceptors (Lipinski definition) is 2. The minimum absolute atomic E-state index is 0.344. The lowest BCUT2D eigenvalue weighted by Gasteiger charge is -2.28. The minimum Gasteiger partial charge on any atom is -0.378 e. The molecule has 3 aromatic rings. The molecule has 0 amide bonds. The standard InChI is InChI=1S/C20H20N2/c1-22(2)17-11-9-14(10-12-17)19-13-16-7-3-5-15-6-4-8-18(21-19)20(15)16/h3-12,19,21H,13H2,1-2H3. The third-order valence-corrected chi connectivity index (χ3v) is 4.56. The molecule has 2 heteroatoms. The maximum absolute atomic E-state index is 3.71. The van der Waals surface area contributed by atoms with E-state index in [1.807, 2.05) is 0 Å². The van der Waals surface area contributed by atoms with Crippen molar-refractivity contribution in [2.24, 2.45) is 0 Å². The maximum atomic E-state index is 3.71. The molecule has 4 rings (SSSR count). The molecule has 110 valence electrons. The molecule has 0 aliphatic carbocycles. The van der Waals surface area contributed by atoms with Crippen LogP contribution in [0.3, 0.4) is 0 Å². The maximum Gasteiger partial charge on any atom is 0.0554 e. The number of nitrogens with zero attached hydrogens (tertiary/aromatic N) is 1. The average molecular weight is 288 g/mol. The molecule has 0 spiro atoms. The number of anilines is 2. The molecular weight excluding hydrogens is 268 g/mol. The number of nitrogens with one attached hydrogen (secondary N) is 1. The molecule has 0 saturated carbocycles. The fourth-order valence-electron chi connectivity index (χ4n) is 3.37. The van der Waals surface area contributed by atoms with Crippen LogP contribution >= 0.6 is 0 Å². The molecule has 1 atom stereocenters. The van der Waals surface area contributed by atoms with Gasteiger partial charge in [0, 0.05) is 30.9 Å². The van der Waals surface area contributed by atoms with Crippen LogP contribution in [0.25, 0.3) is 10.8 Å². The summed E-state index contributed by atoms with van der Waals surface area (Å²) < 4.78 is 0. The summed E-state index contributed by atoms with van der Waals surface area (Å²) in [5.41, 5.74) is 5.27. The number of benzene rings is 3. The first-order chi connectivity index (χ1) is 10.7. The summed E-state index contributed by atoms with van der Waals surface area (Å²) >= 11 is 0. The Kier molecular flexibility index (Phi) is 3.04. The average Bonchev–Trinajstić information content (AvgIpc) is 2.55. The second-order valence-corrected chi connectivity index (χ2v) is 6.21. The summed E-state index contributed by atoms with van der Waals surface area (Å²) in [6.07, 6.45) is 1.04. The molecule has 0 saturated heterocycles. The molecule has 1 aliphatic rings. The highest BCUT2D eigenvalue weighted by Gasteiger charge is 2.20. The van der Waals surface area contributed by atoms with Gasteiger partial charge in [0.25, 0.3) is 0 Å². The Morgan fingerprint density at radius 1 is 0.909 bits per heavy atom. The first kappa shape index (κ1) is 13.2. The highest BCUT2D eigenvalue weighted by Crippen LogP contribution is 2.37. The van der Waals surface area contributed by atoms with E-state index in [-0.39, 0.29) is 0 Å². The minimum atomic E-state index is 0.344. The molecule has 1 N–H and O–H groups in total. The molecular formula is C20H20N2. The van der Waals surface area contributed by atoms with Crippen molar-refractivity contribution in [3.8, 4) is 0 Å². The summed E-state index contributed by atoms with van der Waals surface area (Å²) in [4.78, 5) is 2.13. The zero-order valence-corrected chi connectivity index (χ0v) is 13.0. The molecule has 3 aromatic carbocycles. The second kappa shape index (κ2) is 5.06. The van der Waals surface area contributed by atoms with Crippen LogP contribution in [-0.2, 0) is 6.42 Å². The first-order valence-electron chi connectivity index (χ1n) is 7.77. The molecule has 2 nitrogen and oxygen atoms in total. The Morgan fingerprint density at radius 2 is 1.64 bits per heavy atom. The van der Waals surface area contributed by atoms with Crippen LogP contribution in [0.2, 0.25) is 0 Å². The van der Waals surface area contributed by atoms with Crippen molar-refractivity contribution in [2.45, 2.75) is 12.5 Å². The van der Waals surface area contributed by atoms with E-state index in [1.165, 1.54) is 33.3 Å². The summed E-state index contributed by atoms with van der Waals surface area (Å²) in [5, 5.41) is 6.42. The fraction of sp³-hybridized carbons (Fsp3) is 0.200. The zero-order valence-electron chi connectivity index (χ0n) is 13.0. The van der Waals surface area contributed by atoms with Gasteiger partial charge in [-0.1, -0.05) is 42.5 Å². The van der Waals surface area contributed by atoms with Crippen molar-refractivity contribution < 1.29 is 0 Å². The van der Waals surface area contributed by atoms with Gasteiger partial charge >= 0.3 is 0 Å². The van der Waals surface area contributed by atoms with E-state index in [1.54, 1.807) is 0 Å². The predicted molar refractivity (Wildman–Crippen MR) is 94.8 cm³/mol. The molecule has 1 aliphatic heterocycles. The smallest absolute Gasteiger partial charge is 0.0554 e. The van der Waals surface area contributed by atoms with Gasteiger partial charge in [-0.2, -0.15) is 0 Å². The normalized spacial score (nSPS) is 16.4. The lowest BCUT2D eigenvalue weighted by atomic mass is 9.90. The van der Waals surface area contributed by atoms with Crippen molar-refractivity contribution in [1.29, 1.82) is 0 Å². The van der Waals surface area contributed by atoms with E-state index in [0.717, 1.165) is 6.42 Å². The monoisotopic (exact) mass is 288 g/mol. The van der Waals surface area contributed by atoms with Crippen molar-refractivity contribution in [2.75, 3.05) is 24.3 Å². The Bertz CT molecular complexity index is 778. The lowest BCUT2D eigenvalue weighted by Crippen LogP contribution is -2.18. The van der Waals surface area contributed by atoms with Crippen LogP contribution in [0.15, 0.2) is 60.7 Å². The van der Waals surface area contributed by atoms with Crippen molar-refractivity contribution >= 4 is 22.1 Å². The van der Waals surface area contributed by atoms with Crippen LogP contribution in [0.1, 0.15) is 17.2 Å². The molecule has 0 bridgehead atoms. The topological polar surface area (TPSA) is 15.3 Å². The van der Waals surface area contributed by atoms with Crippen LogP contribution in [0, 0.1) is 0 Å². The Balaban J connectivity index is 1.72. The highest BCUT2D eigenvalue weighted by atomic mass is 15.1. The Hall–Kier alpha value is -2.48. The Morgan fingerprint density at radius 3 is 2.36 bits per heavy atom. The SMILES string of the molecule is CN(C)c1ccc(C2Cc3cccc4cccc(c34)N2)cc1. The van der Waals surface area contributed by atoms with E-state index in [9.17, 15) is 0 Å². The van der Waals surface area contributed by atoms with E-state index >= 15 is 0 Å². The number of rotatable bonds is 2. The van der Waals surface area contributed by atoms with Crippen LogP contribution in [0.5, 0.6) is 0 Å². The van der Waals surface area contributed by atoms with Crippen molar-refractivity contribution in [3.05, 3.63) is 71.8 Å². The van der Waals surface area contributed by atoms with E-state index in [2.05, 4.69) is 85.0 Å².